The van der Waals surface area contributed by atoms with Gasteiger partial charge in [0.2, 0.25) is 0 Å². The highest BCUT2D eigenvalue weighted by atomic mass is 16.6. The van der Waals surface area contributed by atoms with Crippen molar-refractivity contribution in [3.63, 3.8) is 0 Å². The van der Waals surface area contributed by atoms with Crippen LogP contribution in [0.4, 0.5) is 0 Å². The van der Waals surface area contributed by atoms with Crippen LogP contribution in [0.2, 0.25) is 0 Å². The molecule has 0 rings (SSSR count). The van der Waals surface area contributed by atoms with Crippen molar-refractivity contribution in [2.45, 2.75) is 6.92 Å². The molecule has 0 aromatic carbocycles. The van der Waals surface area contributed by atoms with E-state index >= 15 is 0 Å². The van der Waals surface area contributed by atoms with Crippen molar-refractivity contribution in [2.24, 2.45) is 0 Å². The summed E-state index contributed by atoms with van der Waals surface area (Å²) in [5, 5.41) is 7.95. The molecule has 0 aliphatic heterocycles. The second kappa shape index (κ2) is 4.81. The standard InChI is InChI=1S/C4H7BO5/c1-2-9-5-10-4(8)3(6)7/h5H,2H2,1H3,(H,6,7). The van der Waals surface area contributed by atoms with Crippen molar-refractivity contribution in [3.8, 4) is 0 Å². The minimum absolute atomic E-state index is 0.304. The third-order valence-corrected chi connectivity index (χ3v) is 0.652. The number of carbonyl (C=O) groups is 2. The van der Waals surface area contributed by atoms with Gasteiger partial charge in [0.25, 0.3) is 0 Å². The molecule has 1 N–H and O–H groups in total. The molecule has 0 atom stereocenters. The molecule has 0 amide bonds. The van der Waals surface area contributed by atoms with Crippen LogP contribution < -0.4 is 0 Å². The van der Waals surface area contributed by atoms with E-state index in [-0.39, 0.29) is 7.69 Å². The number of hydrogen-bond acceptors (Lipinski definition) is 4. The molecule has 56 valence electrons. The number of carbonyl (C=O) groups excluding carboxylic acids is 1. The smallest absolute Gasteiger partial charge is 0.504 e. The minimum Gasteiger partial charge on any atom is -0.504 e. The van der Waals surface area contributed by atoms with Gasteiger partial charge in [-0.2, -0.15) is 0 Å². The van der Waals surface area contributed by atoms with Gasteiger partial charge in [-0.15, -0.1) is 0 Å². The van der Waals surface area contributed by atoms with Gasteiger partial charge in [0.1, 0.15) is 0 Å². The van der Waals surface area contributed by atoms with Crippen LogP contribution in [0.25, 0.3) is 0 Å². The molecule has 0 aromatic heterocycles. The molecule has 0 unspecified atom stereocenters. The van der Waals surface area contributed by atoms with Gasteiger partial charge in [0, 0.05) is 6.61 Å². The van der Waals surface area contributed by atoms with E-state index in [9.17, 15) is 9.59 Å². The Balaban J connectivity index is 3.31. The van der Waals surface area contributed by atoms with E-state index in [4.69, 9.17) is 5.11 Å². The molecule has 6 heteroatoms. The molecule has 10 heavy (non-hydrogen) atoms. The Morgan fingerprint density at radius 1 is 1.60 bits per heavy atom. The first kappa shape index (κ1) is 8.96. The molecule has 0 aliphatic rings. The number of carboxylic acid groups (broad SMARTS) is 1. The number of rotatable bonds is 3. The maximum atomic E-state index is 10.1. The van der Waals surface area contributed by atoms with Crippen LogP contribution >= 0.6 is 0 Å². The molecular formula is C4H7BO5. The van der Waals surface area contributed by atoms with Crippen molar-refractivity contribution in [1.82, 2.24) is 0 Å². The Kier molecular flexibility index (Phi) is 4.31. The van der Waals surface area contributed by atoms with Gasteiger partial charge in [-0.25, -0.2) is 9.59 Å². The fraction of sp³-hybridized carbons (Fsp3) is 0.500. The van der Waals surface area contributed by atoms with Gasteiger partial charge in [-0.1, -0.05) is 0 Å². The van der Waals surface area contributed by atoms with Gasteiger partial charge in [-0.3, -0.25) is 0 Å². The second-order valence-corrected chi connectivity index (χ2v) is 1.35. The molecule has 0 radical (unpaired) electrons. The Labute approximate surface area is 58.2 Å². The lowest BCUT2D eigenvalue weighted by Crippen LogP contribution is -2.19. The molecule has 0 spiro atoms. The van der Waals surface area contributed by atoms with Crippen molar-refractivity contribution in [2.75, 3.05) is 6.61 Å². The molecule has 0 fully saturated rings. The lowest BCUT2D eigenvalue weighted by Gasteiger charge is -1.97. The molecule has 0 bridgehead atoms. The summed E-state index contributed by atoms with van der Waals surface area (Å²) in [6.45, 7) is 2.08. The summed E-state index contributed by atoms with van der Waals surface area (Å²) in [4.78, 5) is 19.9. The summed E-state index contributed by atoms with van der Waals surface area (Å²) < 4.78 is 8.63. The van der Waals surface area contributed by atoms with Crippen molar-refractivity contribution < 1.29 is 24.0 Å². The Bertz CT molecular complexity index is 134. The Morgan fingerprint density at radius 2 is 2.20 bits per heavy atom. The van der Waals surface area contributed by atoms with Crippen LogP contribution in [0.15, 0.2) is 0 Å². The molecular weight excluding hydrogens is 139 g/mol. The monoisotopic (exact) mass is 146 g/mol. The molecule has 0 aliphatic carbocycles. The SMILES string of the molecule is CCOBOC(=O)C(=O)O. The molecule has 0 heterocycles. The van der Waals surface area contributed by atoms with E-state index in [1.807, 2.05) is 0 Å². The third-order valence-electron chi connectivity index (χ3n) is 0.652. The van der Waals surface area contributed by atoms with Gasteiger partial charge in [0.05, 0.1) is 0 Å². The van der Waals surface area contributed by atoms with Crippen LogP contribution in [-0.2, 0) is 18.9 Å². The van der Waals surface area contributed by atoms with Crippen molar-refractivity contribution >= 4 is 19.6 Å². The summed E-state index contributed by atoms with van der Waals surface area (Å²) in [5.74, 6) is -2.91. The van der Waals surface area contributed by atoms with Gasteiger partial charge in [0.15, 0.2) is 0 Å². The van der Waals surface area contributed by atoms with Crippen LogP contribution in [0, 0.1) is 0 Å². The minimum atomic E-state index is -1.61. The lowest BCUT2D eigenvalue weighted by atomic mass is 10.4. The van der Waals surface area contributed by atoms with Crippen molar-refractivity contribution in [3.05, 3.63) is 0 Å². The van der Waals surface area contributed by atoms with Crippen LogP contribution in [0.1, 0.15) is 6.92 Å². The summed E-state index contributed by atoms with van der Waals surface area (Å²) in [7, 11) is -0.304. The van der Waals surface area contributed by atoms with E-state index in [0.29, 0.717) is 6.61 Å². The quantitative estimate of drug-likeness (QED) is 0.311. The number of hydrogen-bond donors (Lipinski definition) is 1. The summed E-state index contributed by atoms with van der Waals surface area (Å²) >= 11 is 0. The molecule has 0 saturated carbocycles. The van der Waals surface area contributed by atoms with E-state index in [2.05, 4.69) is 9.31 Å². The average Bonchev–Trinajstić information content (AvgIpc) is 1.88. The number of carboxylic acids is 1. The van der Waals surface area contributed by atoms with Gasteiger partial charge < -0.3 is 14.4 Å². The highest BCUT2D eigenvalue weighted by molar-refractivity contribution is 6.36. The highest BCUT2D eigenvalue weighted by Gasteiger charge is 2.12. The lowest BCUT2D eigenvalue weighted by molar-refractivity contribution is -0.158. The fourth-order valence-electron chi connectivity index (χ4n) is 0.240. The molecule has 0 saturated heterocycles. The predicted molar refractivity (Wildman–Crippen MR) is 32.5 cm³/mol. The Morgan fingerprint density at radius 3 is 2.60 bits per heavy atom. The molecule has 5 nitrogen and oxygen atoms in total. The predicted octanol–water partition coefficient (Wildman–Crippen LogP) is -1.08. The van der Waals surface area contributed by atoms with Crippen LogP contribution in [0.5, 0.6) is 0 Å². The van der Waals surface area contributed by atoms with E-state index in [0.717, 1.165) is 0 Å². The topological polar surface area (TPSA) is 72.8 Å². The van der Waals surface area contributed by atoms with E-state index in [1.54, 1.807) is 6.92 Å². The first-order valence-electron chi connectivity index (χ1n) is 2.66. The molecule has 0 aromatic rings. The summed E-state index contributed by atoms with van der Waals surface area (Å²) in [6.07, 6.45) is 0. The highest BCUT2D eigenvalue weighted by Crippen LogP contribution is 1.76. The van der Waals surface area contributed by atoms with E-state index < -0.39 is 11.9 Å². The Hall–Kier alpha value is -1.04. The summed E-state index contributed by atoms with van der Waals surface area (Å²) in [6, 6.07) is 0. The zero-order valence-corrected chi connectivity index (χ0v) is 5.49. The third kappa shape index (κ3) is 3.91. The van der Waals surface area contributed by atoms with Crippen LogP contribution in [0.3, 0.4) is 0 Å². The first-order chi connectivity index (χ1) is 4.68. The maximum absolute atomic E-state index is 10.1. The normalized spacial score (nSPS) is 8.50. The zero-order valence-electron chi connectivity index (χ0n) is 5.49. The average molecular weight is 146 g/mol. The summed E-state index contributed by atoms with van der Waals surface area (Å²) in [5.41, 5.74) is 0. The largest absolute Gasteiger partial charge is 0.509 e. The fourth-order valence-corrected chi connectivity index (χ4v) is 0.240. The van der Waals surface area contributed by atoms with Crippen molar-refractivity contribution in [1.29, 1.82) is 0 Å². The first-order valence-corrected chi connectivity index (χ1v) is 2.66. The maximum Gasteiger partial charge on any atom is 0.509 e. The van der Waals surface area contributed by atoms with Crippen LogP contribution in [-0.4, -0.2) is 31.3 Å². The van der Waals surface area contributed by atoms with Gasteiger partial charge >= 0.3 is 19.6 Å². The second-order valence-electron chi connectivity index (χ2n) is 1.35. The van der Waals surface area contributed by atoms with E-state index in [1.165, 1.54) is 0 Å². The zero-order chi connectivity index (χ0) is 7.98. The van der Waals surface area contributed by atoms with Gasteiger partial charge in [-0.05, 0) is 6.92 Å². The number of aliphatic carboxylic acids is 1.